The van der Waals surface area contributed by atoms with Gasteiger partial charge >= 0.3 is 0 Å². The second kappa shape index (κ2) is 5.02. The van der Waals surface area contributed by atoms with E-state index in [1.807, 2.05) is 0 Å². The average Bonchev–Trinajstić information content (AvgIpc) is 2.98. The van der Waals surface area contributed by atoms with Crippen molar-refractivity contribution in [3.8, 4) is 0 Å². The number of nitrogens with zero attached hydrogens (tertiary/aromatic N) is 1. The van der Waals surface area contributed by atoms with Crippen LogP contribution in [0.1, 0.15) is 48.9 Å². The van der Waals surface area contributed by atoms with Gasteiger partial charge in [-0.1, -0.05) is 18.2 Å². The molecule has 2 aliphatic rings. The first-order valence-electron chi connectivity index (χ1n) is 8.83. The van der Waals surface area contributed by atoms with Gasteiger partial charge in [-0.2, -0.15) is 0 Å². The fourth-order valence-corrected chi connectivity index (χ4v) is 4.70. The first kappa shape index (κ1) is 14.6. The second-order valence-electron chi connectivity index (χ2n) is 7.24. The van der Waals surface area contributed by atoms with Gasteiger partial charge in [-0.05, 0) is 74.6 Å². The van der Waals surface area contributed by atoms with E-state index in [0.29, 0.717) is 5.92 Å². The zero-order chi connectivity index (χ0) is 16.2. The topological polar surface area (TPSA) is 15.3 Å². The Morgan fingerprint density at radius 1 is 1.13 bits per heavy atom. The van der Waals surface area contributed by atoms with Crippen LogP contribution in [0.4, 0.5) is 11.4 Å². The zero-order valence-electron chi connectivity index (χ0n) is 14.6. The van der Waals surface area contributed by atoms with Gasteiger partial charge < -0.3 is 10.2 Å². The summed E-state index contributed by atoms with van der Waals surface area (Å²) >= 11 is 0. The quantitative estimate of drug-likeness (QED) is 0.883. The van der Waals surface area contributed by atoms with Crippen LogP contribution in [0.3, 0.4) is 0 Å². The summed E-state index contributed by atoms with van der Waals surface area (Å²) in [7, 11) is 0. The van der Waals surface area contributed by atoms with Crippen LogP contribution in [0, 0.1) is 6.92 Å². The molecule has 2 aromatic rings. The largest absolute Gasteiger partial charge is 0.378 e. The molecule has 1 aliphatic heterocycles. The van der Waals surface area contributed by atoms with Crippen molar-refractivity contribution in [1.29, 1.82) is 0 Å². The highest BCUT2D eigenvalue weighted by Crippen LogP contribution is 2.54. The van der Waals surface area contributed by atoms with Crippen LogP contribution in [-0.4, -0.2) is 18.6 Å². The van der Waals surface area contributed by atoms with Gasteiger partial charge in [0.05, 0.1) is 0 Å². The Kier molecular flexibility index (Phi) is 3.19. The summed E-state index contributed by atoms with van der Waals surface area (Å²) in [6, 6.07) is 13.7. The van der Waals surface area contributed by atoms with Crippen LogP contribution < -0.4 is 10.2 Å². The molecule has 23 heavy (non-hydrogen) atoms. The van der Waals surface area contributed by atoms with E-state index < -0.39 is 0 Å². The highest BCUT2D eigenvalue weighted by Gasteiger charge is 2.49. The normalized spacial score (nSPS) is 23.9. The fraction of sp³-hybridized carbons (Fsp3) is 0.429. The van der Waals surface area contributed by atoms with Gasteiger partial charge in [0.25, 0.3) is 0 Å². The first-order valence-corrected chi connectivity index (χ1v) is 8.83. The van der Waals surface area contributed by atoms with Gasteiger partial charge in [0.15, 0.2) is 0 Å². The Labute approximate surface area is 139 Å². The summed E-state index contributed by atoms with van der Waals surface area (Å²) in [6.45, 7) is 11.3. The summed E-state index contributed by atoms with van der Waals surface area (Å²) in [4.78, 5) is 2.46. The minimum absolute atomic E-state index is 0.124. The number of benzene rings is 2. The van der Waals surface area contributed by atoms with Crippen molar-refractivity contribution in [2.45, 2.75) is 45.6 Å². The number of fused-ring (bicyclic) bond motifs is 5. The molecule has 0 aromatic heterocycles. The van der Waals surface area contributed by atoms with Gasteiger partial charge in [-0.15, -0.1) is 0 Å². The highest BCUT2D eigenvalue weighted by atomic mass is 15.1. The molecular formula is C21H26N2. The van der Waals surface area contributed by atoms with Crippen molar-refractivity contribution in [2.75, 3.05) is 23.3 Å². The van der Waals surface area contributed by atoms with Crippen LogP contribution in [0.15, 0.2) is 36.4 Å². The van der Waals surface area contributed by atoms with Gasteiger partial charge in [0.2, 0.25) is 0 Å². The van der Waals surface area contributed by atoms with Crippen LogP contribution in [-0.2, 0) is 6.42 Å². The zero-order valence-corrected chi connectivity index (χ0v) is 14.6. The fourth-order valence-electron chi connectivity index (χ4n) is 4.70. The van der Waals surface area contributed by atoms with Gasteiger partial charge in [0.1, 0.15) is 0 Å². The van der Waals surface area contributed by atoms with E-state index in [1.54, 1.807) is 5.56 Å². The third-order valence-corrected chi connectivity index (χ3v) is 5.80. The minimum Gasteiger partial charge on any atom is -0.378 e. The number of hydrogen-bond acceptors (Lipinski definition) is 2. The molecule has 0 unspecified atom stereocenters. The molecule has 2 heteroatoms. The van der Waals surface area contributed by atoms with Crippen LogP contribution in [0.25, 0.3) is 0 Å². The molecule has 0 fully saturated rings. The molecule has 0 spiro atoms. The molecule has 1 N–H and O–H groups in total. The summed E-state index contributed by atoms with van der Waals surface area (Å²) in [6.07, 6.45) is 1.12. The van der Waals surface area contributed by atoms with Crippen molar-refractivity contribution >= 4 is 11.4 Å². The number of para-hydroxylation sites is 1. The molecule has 2 atom stereocenters. The molecule has 0 saturated heterocycles. The molecule has 0 radical (unpaired) electrons. The molecule has 1 aliphatic carbocycles. The molecule has 120 valence electrons. The standard InChI is InChI=1S/C21H26N2/c1-5-23(6-2)15-11-14(3)18-13-21(4)20(17(18)12-15)16-9-7-8-10-19(16)22-21/h7-12,20,22H,5-6,13H2,1-4H3/t20-,21+/m0/s1. The minimum atomic E-state index is 0.124. The molecule has 0 saturated carbocycles. The maximum atomic E-state index is 3.81. The van der Waals surface area contributed by atoms with E-state index in [2.05, 4.69) is 74.3 Å². The second-order valence-corrected chi connectivity index (χ2v) is 7.24. The summed E-state index contributed by atoms with van der Waals surface area (Å²) in [5.74, 6) is 0.475. The number of rotatable bonds is 3. The van der Waals surface area contributed by atoms with Crippen molar-refractivity contribution in [1.82, 2.24) is 0 Å². The highest BCUT2D eigenvalue weighted by molar-refractivity contribution is 5.71. The van der Waals surface area contributed by atoms with Crippen LogP contribution >= 0.6 is 0 Å². The summed E-state index contributed by atoms with van der Waals surface area (Å²) in [5, 5.41) is 3.81. The molecular weight excluding hydrogens is 280 g/mol. The first-order chi connectivity index (χ1) is 11.1. The Bertz CT molecular complexity index is 760. The lowest BCUT2D eigenvalue weighted by molar-refractivity contribution is 0.516. The lowest BCUT2D eigenvalue weighted by Gasteiger charge is -2.26. The Morgan fingerprint density at radius 3 is 2.61 bits per heavy atom. The van der Waals surface area contributed by atoms with E-state index in [9.17, 15) is 0 Å². The van der Waals surface area contributed by atoms with Gasteiger partial charge in [0, 0.05) is 35.9 Å². The van der Waals surface area contributed by atoms with E-state index >= 15 is 0 Å². The molecule has 1 heterocycles. The number of nitrogens with one attached hydrogen (secondary N) is 1. The molecule has 2 aromatic carbocycles. The molecule has 0 amide bonds. The Balaban J connectivity index is 1.88. The SMILES string of the molecule is CCN(CC)c1cc(C)c2c(c1)[C@@H]1c3ccccc3N[C@]1(C)C2. The Hall–Kier alpha value is -1.96. The van der Waals surface area contributed by atoms with E-state index in [1.165, 1.54) is 28.1 Å². The summed E-state index contributed by atoms with van der Waals surface area (Å²) < 4.78 is 0. The van der Waals surface area contributed by atoms with E-state index in [4.69, 9.17) is 0 Å². The number of hydrogen-bond donors (Lipinski definition) is 1. The van der Waals surface area contributed by atoms with Gasteiger partial charge in [-0.3, -0.25) is 0 Å². The smallest absolute Gasteiger partial charge is 0.0495 e. The number of aryl methyl sites for hydroxylation is 1. The van der Waals surface area contributed by atoms with Crippen molar-refractivity contribution < 1.29 is 0 Å². The maximum Gasteiger partial charge on any atom is 0.0495 e. The molecule has 0 bridgehead atoms. The third-order valence-electron chi connectivity index (χ3n) is 5.80. The maximum absolute atomic E-state index is 3.81. The monoisotopic (exact) mass is 306 g/mol. The molecule has 2 nitrogen and oxygen atoms in total. The predicted molar refractivity (Wildman–Crippen MR) is 98.8 cm³/mol. The third kappa shape index (κ3) is 2.00. The van der Waals surface area contributed by atoms with Crippen LogP contribution in [0.2, 0.25) is 0 Å². The van der Waals surface area contributed by atoms with E-state index in [0.717, 1.165) is 19.5 Å². The Morgan fingerprint density at radius 2 is 1.87 bits per heavy atom. The van der Waals surface area contributed by atoms with Crippen molar-refractivity contribution in [2.24, 2.45) is 0 Å². The molecule has 4 rings (SSSR count). The van der Waals surface area contributed by atoms with Gasteiger partial charge in [-0.25, -0.2) is 0 Å². The van der Waals surface area contributed by atoms with E-state index in [-0.39, 0.29) is 5.54 Å². The average molecular weight is 306 g/mol. The summed E-state index contributed by atoms with van der Waals surface area (Å²) in [5.41, 5.74) is 8.81. The van der Waals surface area contributed by atoms with Crippen molar-refractivity contribution in [3.63, 3.8) is 0 Å². The van der Waals surface area contributed by atoms with Crippen molar-refractivity contribution in [3.05, 3.63) is 58.7 Å². The lowest BCUT2D eigenvalue weighted by atomic mass is 9.84. The van der Waals surface area contributed by atoms with Crippen LogP contribution in [0.5, 0.6) is 0 Å². The lowest BCUT2D eigenvalue weighted by Crippen LogP contribution is -2.34. The number of anilines is 2. The predicted octanol–water partition coefficient (Wildman–Crippen LogP) is 4.71.